The van der Waals surface area contributed by atoms with Crippen LogP contribution in [0.5, 0.6) is 0 Å². The lowest BCUT2D eigenvalue weighted by atomic mass is 9.76. The first kappa shape index (κ1) is 18.5. The average Bonchev–Trinajstić information content (AvgIpc) is 2.43. The Hall–Kier alpha value is -0.530. The Bertz CT molecular complexity index is 225. The van der Waals surface area contributed by atoms with Gasteiger partial charge in [-0.3, -0.25) is 4.79 Å². The zero-order valence-corrected chi connectivity index (χ0v) is 13.6. The maximum absolute atomic E-state index is 12.4. The van der Waals surface area contributed by atoms with E-state index in [1.807, 2.05) is 0 Å². The Morgan fingerprint density at radius 1 is 0.842 bits per heavy atom. The third-order valence-corrected chi connectivity index (χ3v) is 4.08. The molecule has 2 heteroatoms. The van der Waals surface area contributed by atoms with Crippen molar-refractivity contribution in [2.75, 3.05) is 6.61 Å². The summed E-state index contributed by atoms with van der Waals surface area (Å²) < 4.78 is 5.56. The van der Waals surface area contributed by atoms with E-state index < -0.39 is 0 Å². The Morgan fingerprint density at radius 3 is 2.05 bits per heavy atom. The van der Waals surface area contributed by atoms with Crippen LogP contribution in [0.1, 0.15) is 91.9 Å². The number of hydrogen-bond donors (Lipinski definition) is 0. The molecule has 0 bridgehead atoms. The maximum atomic E-state index is 12.4. The summed E-state index contributed by atoms with van der Waals surface area (Å²) in [4.78, 5) is 12.4. The molecule has 0 fully saturated rings. The van der Waals surface area contributed by atoms with Crippen LogP contribution in [0.25, 0.3) is 0 Å². The van der Waals surface area contributed by atoms with Crippen LogP contribution in [0.15, 0.2) is 0 Å². The van der Waals surface area contributed by atoms with Crippen molar-refractivity contribution < 1.29 is 9.53 Å². The highest BCUT2D eigenvalue weighted by molar-refractivity contribution is 5.76. The molecule has 19 heavy (non-hydrogen) atoms. The molecule has 0 spiro atoms. The van der Waals surface area contributed by atoms with Crippen molar-refractivity contribution in [2.24, 2.45) is 5.41 Å². The Morgan fingerprint density at radius 2 is 1.53 bits per heavy atom. The fourth-order valence-corrected chi connectivity index (χ4v) is 2.67. The topological polar surface area (TPSA) is 26.3 Å². The molecule has 0 saturated heterocycles. The summed E-state index contributed by atoms with van der Waals surface area (Å²) in [6.07, 6.45) is 10.8. The smallest absolute Gasteiger partial charge is 0.312 e. The van der Waals surface area contributed by atoms with Gasteiger partial charge in [-0.25, -0.2) is 0 Å². The van der Waals surface area contributed by atoms with E-state index in [1.165, 1.54) is 19.3 Å². The highest BCUT2D eigenvalue weighted by Crippen LogP contribution is 2.35. The van der Waals surface area contributed by atoms with Crippen molar-refractivity contribution in [2.45, 2.75) is 91.9 Å². The Balaban J connectivity index is 4.28. The van der Waals surface area contributed by atoms with Gasteiger partial charge >= 0.3 is 5.97 Å². The number of hydrogen-bond acceptors (Lipinski definition) is 2. The largest absolute Gasteiger partial charge is 0.465 e. The Kier molecular flexibility index (Phi) is 11.0. The molecule has 0 saturated carbocycles. The van der Waals surface area contributed by atoms with Crippen molar-refractivity contribution in [3.05, 3.63) is 0 Å². The van der Waals surface area contributed by atoms with Gasteiger partial charge in [-0.1, -0.05) is 66.2 Å². The lowest BCUT2D eigenvalue weighted by molar-refractivity contribution is -0.157. The first-order valence-corrected chi connectivity index (χ1v) is 8.34. The molecule has 0 heterocycles. The fraction of sp³-hybridized carbons (Fsp3) is 0.941. The van der Waals surface area contributed by atoms with Crippen molar-refractivity contribution >= 4 is 5.97 Å². The van der Waals surface area contributed by atoms with Crippen molar-refractivity contribution in [3.8, 4) is 0 Å². The predicted molar refractivity (Wildman–Crippen MR) is 82.3 cm³/mol. The van der Waals surface area contributed by atoms with E-state index in [2.05, 4.69) is 27.7 Å². The molecule has 1 atom stereocenters. The van der Waals surface area contributed by atoms with Gasteiger partial charge < -0.3 is 4.74 Å². The van der Waals surface area contributed by atoms with E-state index in [0.717, 1.165) is 44.9 Å². The van der Waals surface area contributed by atoms with Crippen LogP contribution < -0.4 is 0 Å². The van der Waals surface area contributed by atoms with Gasteiger partial charge in [0, 0.05) is 0 Å². The second kappa shape index (κ2) is 11.3. The molecule has 0 amide bonds. The van der Waals surface area contributed by atoms with Gasteiger partial charge in [-0.15, -0.1) is 0 Å². The number of carbonyl (C=O) groups is 1. The summed E-state index contributed by atoms with van der Waals surface area (Å²) in [7, 11) is 0. The highest BCUT2D eigenvalue weighted by atomic mass is 16.5. The molecule has 2 nitrogen and oxygen atoms in total. The molecule has 1 unspecified atom stereocenters. The van der Waals surface area contributed by atoms with E-state index in [-0.39, 0.29) is 11.4 Å². The molecular weight excluding hydrogens is 236 g/mol. The zero-order chi connectivity index (χ0) is 14.6. The fourth-order valence-electron chi connectivity index (χ4n) is 2.67. The van der Waals surface area contributed by atoms with Crippen LogP contribution in [0, 0.1) is 5.41 Å². The molecule has 0 aliphatic heterocycles. The van der Waals surface area contributed by atoms with Crippen molar-refractivity contribution in [3.63, 3.8) is 0 Å². The molecule has 0 aliphatic carbocycles. The molecule has 0 rings (SSSR count). The zero-order valence-electron chi connectivity index (χ0n) is 13.6. The van der Waals surface area contributed by atoms with Gasteiger partial charge in [-0.2, -0.15) is 0 Å². The number of carbonyl (C=O) groups excluding carboxylic acids is 1. The summed E-state index contributed by atoms with van der Waals surface area (Å²) in [5.74, 6) is 0.0572. The van der Waals surface area contributed by atoms with Gasteiger partial charge in [0.1, 0.15) is 0 Å². The minimum atomic E-state index is -0.213. The van der Waals surface area contributed by atoms with E-state index in [4.69, 9.17) is 4.74 Å². The van der Waals surface area contributed by atoms with Gasteiger partial charge in [0.25, 0.3) is 0 Å². The number of unbranched alkanes of at least 4 members (excludes halogenated alkanes) is 4. The second-order valence-corrected chi connectivity index (χ2v) is 5.68. The van der Waals surface area contributed by atoms with Crippen molar-refractivity contribution in [1.82, 2.24) is 0 Å². The van der Waals surface area contributed by atoms with E-state index in [1.54, 1.807) is 0 Å². The molecule has 0 aromatic carbocycles. The minimum absolute atomic E-state index is 0.0572. The van der Waals surface area contributed by atoms with Crippen LogP contribution in [0.2, 0.25) is 0 Å². The predicted octanol–water partition coefficient (Wildman–Crippen LogP) is 5.50. The molecule has 0 aromatic heterocycles. The third kappa shape index (κ3) is 6.98. The molecule has 0 aromatic rings. The van der Waals surface area contributed by atoms with Crippen LogP contribution >= 0.6 is 0 Å². The minimum Gasteiger partial charge on any atom is -0.465 e. The number of ether oxygens (including phenoxy) is 1. The molecular formula is C17H34O2. The van der Waals surface area contributed by atoms with E-state index in [0.29, 0.717) is 6.61 Å². The second-order valence-electron chi connectivity index (χ2n) is 5.68. The normalized spacial score (nSPS) is 14.1. The molecule has 0 N–H and O–H groups in total. The average molecular weight is 270 g/mol. The summed E-state index contributed by atoms with van der Waals surface area (Å²) >= 11 is 0. The molecule has 114 valence electrons. The molecule has 0 aliphatic rings. The first-order chi connectivity index (χ1) is 9.16. The van der Waals surface area contributed by atoms with Crippen LogP contribution in [0.4, 0.5) is 0 Å². The summed E-state index contributed by atoms with van der Waals surface area (Å²) in [6.45, 7) is 9.27. The third-order valence-electron chi connectivity index (χ3n) is 4.08. The van der Waals surface area contributed by atoms with Crippen LogP contribution in [-0.4, -0.2) is 12.6 Å². The number of esters is 1. The van der Waals surface area contributed by atoms with Gasteiger partial charge in [0.05, 0.1) is 12.0 Å². The summed E-state index contributed by atoms with van der Waals surface area (Å²) in [5.41, 5.74) is -0.213. The monoisotopic (exact) mass is 270 g/mol. The van der Waals surface area contributed by atoms with Gasteiger partial charge in [0.15, 0.2) is 0 Å². The van der Waals surface area contributed by atoms with Crippen LogP contribution in [0.3, 0.4) is 0 Å². The molecule has 0 radical (unpaired) electrons. The van der Waals surface area contributed by atoms with E-state index in [9.17, 15) is 4.79 Å². The number of rotatable bonds is 12. The van der Waals surface area contributed by atoms with E-state index >= 15 is 0 Å². The van der Waals surface area contributed by atoms with Gasteiger partial charge in [-0.05, 0) is 25.7 Å². The van der Waals surface area contributed by atoms with Gasteiger partial charge in [0.2, 0.25) is 0 Å². The quantitative estimate of drug-likeness (QED) is 0.346. The summed E-state index contributed by atoms with van der Waals surface area (Å²) in [6, 6.07) is 0. The van der Waals surface area contributed by atoms with Crippen LogP contribution in [-0.2, 0) is 9.53 Å². The Labute approximate surface area is 120 Å². The first-order valence-electron chi connectivity index (χ1n) is 8.34. The lowest BCUT2D eigenvalue weighted by Gasteiger charge is -2.30. The lowest BCUT2D eigenvalue weighted by Crippen LogP contribution is -2.32. The SMILES string of the molecule is CCCCCCOC(=O)C(CC)(CCC)CCCC. The summed E-state index contributed by atoms with van der Waals surface area (Å²) in [5, 5.41) is 0. The van der Waals surface area contributed by atoms with Crippen molar-refractivity contribution in [1.29, 1.82) is 0 Å². The highest BCUT2D eigenvalue weighted by Gasteiger charge is 2.36. The maximum Gasteiger partial charge on any atom is 0.312 e. The standard InChI is InChI=1S/C17H34O2/c1-5-9-11-12-15-19-16(18)17(8-4,13-7-3)14-10-6-2/h5-15H2,1-4H3.